The molecule has 0 unspecified atom stereocenters. The first-order valence-corrected chi connectivity index (χ1v) is 6.29. The van der Waals surface area contributed by atoms with Crippen LogP contribution in [0.5, 0.6) is 0 Å². The van der Waals surface area contributed by atoms with Gasteiger partial charge in [-0.2, -0.15) is 0 Å². The van der Waals surface area contributed by atoms with Crippen molar-refractivity contribution in [2.45, 2.75) is 25.3 Å². The van der Waals surface area contributed by atoms with Gasteiger partial charge in [0.1, 0.15) is 11.9 Å². The number of carbonyl (C=O) groups is 2. The summed E-state index contributed by atoms with van der Waals surface area (Å²) in [6.07, 6.45) is 2.68. The summed E-state index contributed by atoms with van der Waals surface area (Å²) in [7, 11) is 1.27. The molecule has 0 bridgehead atoms. The van der Waals surface area contributed by atoms with Gasteiger partial charge >= 0.3 is 5.97 Å². The molecule has 0 aliphatic rings. The quantitative estimate of drug-likeness (QED) is 0.613. The van der Waals surface area contributed by atoms with E-state index in [1.165, 1.54) is 25.3 Å². The smallest absolute Gasteiger partial charge is 0.328 e. The molecule has 0 saturated heterocycles. The molecule has 108 valence electrons. The number of hydrogen-bond donors (Lipinski definition) is 1. The van der Waals surface area contributed by atoms with Crippen molar-refractivity contribution in [2.75, 3.05) is 7.11 Å². The molecule has 0 aromatic heterocycles. The fourth-order valence-corrected chi connectivity index (χ4v) is 1.75. The van der Waals surface area contributed by atoms with Gasteiger partial charge in [0.15, 0.2) is 0 Å². The van der Waals surface area contributed by atoms with Crippen molar-refractivity contribution in [3.05, 3.63) is 48.3 Å². The fraction of sp³-hybridized carbons (Fsp3) is 0.333. The number of amides is 1. The molecule has 0 fully saturated rings. The Labute approximate surface area is 117 Å². The van der Waals surface area contributed by atoms with Crippen molar-refractivity contribution >= 4 is 11.9 Å². The number of rotatable bonds is 7. The van der Waals surface area contributed by atoms with E-state index in [4.69, 9.17) is 0 Å². The summed E-state index contributed by atoms with van der Waals surface area (Å²) in [5, 5.41) is 2.59. The Morgan fingerprint density at radius 2 is 2.25 bits per heavy atom. The molecule has 1 amide bonds. The van der Waals surface area contributed by atoms with Crippen LogP contribution in [0.1, 0.15) is 18.4 Å². The molecule has 0 aliphatic heterocycles. The lowest BCUT2D eigenvalue weighted by Crippen LogP contribution is -2.42. The van der Waals surface area contributed by atoms with Crippen molar-refractivity contribution < 1.29 is 18.7 Å². The summed E-state index contributed by atoms with van der Waals surface area (Å²) < 4.78 is 17.6. The minimum absolute atomic E-state index is 0.0132. The Kier molecular flexibility index (Phi) is 6.43. The highest BCUT2D eigenvalue weighted by Crippen LogP contribution is 2.06. The molecular weight excluding hydrogens is 261 g/mol. The monoisotopic (exact) mass is 279 g/mol. The van der Waals surface area contributed by atoms with Gasteiger partial charge in [-0.1, -0.05) is 18.2 Å². The van der Waals surface area contributed by atoms with Gasteiger partial charge in [0.25, 0.3) is 0 Å². The number of ether oxygens (including phenoxy) is 1. The van der Waals surface area contributed by atoms with Crippen LogP contribution in [0.15, 0.2) is 36.9 Å². The summed E-state index contributed by atoms with van der Waals surface area (Å²) in [5.41, 5.74) is 0.551. The summed E-state index contributed by atoms with van der Waals surface area (Å²) in [5.74, 6) is -1.25. The second-order valence-corrected chi connectivity index (χ2v) is 4.32. The van der Waals surface area contributed by atoms with Gasteiger partial charge < -0.3 is 10.1 Å². The summed E-state index contributed by atoms with van der Waals surface area (Å²) in [4.78, 5) is 23.4. The van der Waals surface area contributed by atoms with Crippen molar-refractivity contribution in [1.29, 1.82) is 0 Å². The third-order valence-electron chi connectivity index (χ3n) is 2.73. The number of carbonyl (C=O) groups excluding carboxylic acids is 2. The second-order valence-electron chi connectivity index (χ2n) is 4.32. The molecule has 1 atom stereocenters. The molecule has 0 radical (unpaired) electrons. The van der Waals surface area contributed by atoms with Crippen LogP contribution in [0.3, 0.4) is 0 Å². The predicted octanol–water partition coefficient (Wildman–Crippen LogP) is 1.99. The average molecular weight is 279 g/mol. The van der Waals surface area contributed by atoms with Crippen LogP contribution in [-0.2, 0) is 20.7 Å². The molecule has 4 nitrogen and oxygen atoms in total. The van der Waals surface area contributed by atoms with Crippen LogP contribution in [0.25, 0.3) is 0 Å². The number of halogens is 1. The standard InChI is InChI=1S/C15H18FNO3/c1-3-4-8-13(15(19)20-2)17-14(18)10-11-6-5-7-12(16)9-11/h3,5-7,9,13H,1,4,8,10H2,2H3,(H,17,18)/t13-/m0/s1. The molecule has 0 spiro atoms. The maximum atomic E-state index is 13.0. The van der Waals surface area contributed by atoms with Gasteiger partial charge in [-0.05, 0) is 30.5 Å². The maximum Gasteiger partial charge on any atom is 0.328 e. The summed E-state index contributed by atoms with van der Waals surface area (Å²) >= 11 is 0. The van der Waals surface area contributed by atoms with E-state index in [-0.39, 0.29) is 12.3 Å². The van der Waals surface area contributed by atoms with E-state index in [1.54, 1.807) is 12.1 Å². The Bertz CT molecular complexity index is 488. The third-order valence-corrected chi connectivity index (χ3v) is 2.73. The topological polar surface area (TPSA) is 55.4 Å². The number of hydrogen-bond acceptors (Lipinski definition) is 3. The molecular formula is C15H18FNO3. The first kappa shape index (κ1) is 15.9. The highest BCUT2D eigenvalue weighted by Gasteiger charge is 2.20. The Morgan fingerprint density at radius 1 is 1.50 bits per heavy atom. The molecule has 0 heterocycles. The average Bonchev–Trinajstić information content (AvgIpc) is 2.42. The molecule has 1 aromatic carbocycles. The third kappa shape index (κ3) is 5.22. The number of esters is 1. The van der Waals surface area contributed by atoms with Crippen LogP contribution in [0, 0.1) is 5.82 Å². The molecule has 20 heavy (non-hydrogen) atoms. The molecule has 0 aliphatic carbocycles. The maximum absolute atomic E-state index is 13.0. The lowest BCUT2D eigenvalue weighted by atomic mass is 10.1. The number of nitrogens with one attached hydrogen (secondary N) is 1. The largest absolute Gasteiger partial charge is 0.467 e. The van der Waals surface area contributed by atoms with Crippen molar-refractivity contribution in [1.82, 2.24) is 5.32 Å². The highest BCUT2D eigenvalue weighted by molar-refractivity contribution is 5.85. The first-order chi connectivity index (χ1) is 9.56. The SMILES string of the molecule is C=CCC[C@H](NC(=O)Cc1cccc(F)c1)C(=O)OC. The zero-order valence-electron chi connectivity index (χ0n) is 11.4. The molecule has 1 N–H and O–H groups in total. The highest BCUT2D eigenvalue weighted by atomic mass is 19.1. The van der Waals surface area contributed by atoms with Crippen LogP contribution in [-0.4, -0.2) is 25.0 Å². The zero-order valence-corrected chi connectivity index (χ0v) is 11.4. The van der Waals surface area contributed by atoms with Crippen LogP contribution < -0.4 is 5.32 Å². The van der Waals surface area contributed by atoms with Crippen LogP contribution in [0.4, 0.5) is 4.39 Å². The second kappa shape index (κ2) is 8.09. The van der Waals surface area contributed by atoms with E-state index in [9.17, 15) is 14.0 Å². The van der Waals surface area contributed by atoms with Gasteiger partial charge in [-0.25, -0.2) is 9.18 Å². The molecule has 1 aromatic rings. The lowest BCUT2D eigenvalue weighted by molar-refractivity contribution is -0.145. The Hall–Kier alpha value is -2.17. The van der Waals surface area contributed by atoms with Crippen molar-refractivity contribution in [3.63, 3.8) is 0 Å². The Balaban J connectivity index is 2.61. The number of allylic oxidation sites excluding steroid dienone is 1. The minimum atomic E-state index is -0.709. The van der Waals surface area contributed by atoms with E-state index in [0.29, 0.717) is 18.4 Å². The van der Waals surface area contributed by atoms with E-state index < -0.39 is 17.8 Å². The van der Waals surface area contributed by atoms with Crippen LogP contribution >= 0.6 is 0 Å². The van der Waals surface area contributed by atoms with Crippen molar-refractivity contribution in [3.8, 4) is 0 Å². The minimum Gasteiger partial charge on any atom is -0.467 e. The van der Waals surface area contributed by atoms with Gasteiger partial charge in [0.2, 0.25) is 5.91 Å². The summed E-state index contributed by atoms with van der Waals surface area (Å²) in [6.45, 7) is 3.57. The molecule has 1 rings (SSSR count). The zero-order chi connectivity index (χ0) is 15.0. The van der Waals surface area contributed by atoms with E-state index in [0.717, 1.165) is 0 Å². The van der Waals surface area contributed by atoms with Gasteiger partial charge in [0, 0.05) is 0 Å². The normalized spacial score (nSPS) is 11.5. The number of methoxy groups -OCH3 is 1. The van der Waals surface area contributed by atoms with E-state index in [1.807, 2.05) is 0 Å². The van der Waals surface area contributed by atoms with E-state index >= 15 is 0 Å². The predicted molar refractivity (Wildman–Crippen MR) is 73.5 cm³/mol. The van der Waals surface area contributed by atoms with Crippen LogP contribution in [0.2, 0.25) is 0 Å². The van der Waals surface area contributed by atoms with E-state index in [2.05, 4.69) is 16.6 Å². The Morgan fingerprint density at radius 3 is 2.85 bits per heavy atom. The summed E-state index contributed by atoms with van der Waals surface area (Å²) in [6, 6.07) is 5.07. The first-order valence-electron chi connectivity index (χ1n) is 6.29. The van der Waals surface area contributed by atoms with Gasteiger partial charge in [0.05, 0.1) is 13.5 Å². The lowest BCUT2D eigenvalue weighted by Gasteiger charge is -2.15. The van der Waals surface area contributed by atoms with Crippen molar-refractivity contribution in [2.24, 2.45) is 0 Å². The number of benzene rings is 1. The van der Waals surface area contributed by atoms with Gasteiger partial charge in [-0.3, -0.25) is 4.79 Å². The molecule has 5 heteroatoms. The van der Waals surface area contributed by atoms with Gasteiger partial charge in [-0.15, -0.1) is 6.58 Å². The molecule has 0 saturated carbocycles. The fourth-order valence-electron chi connectivity index (χ4n) is 1.75.